The first-order valence-corrected chi connectivity index (χ1v) is 3.96. The van der Waals surface area contributed by atoms with Gasteiger partial charge in [-0.15, -0.1) is 24.8 Å². The molecule has 0 spiro atoms. The number of nitrogens with two attached hydrogens (primary N) is 1. The standard InChI is InChI=1S/C9H12N2O2.2ClH/c1-13-9(12)6-8(10)7-2-4-11-5-3-7;;/h2-5,8H,6,10H2,1H3;2*1H/t8-;;/m1../s1. The molecule has 0 aromatic carbocycles. The molecule has 2 N–H and O–H groups in total. The first-order valence-electron chi connectivity index (χ1n) is 3.96. The highest BCUT2D eigenvalue weighted by Crippen LogP contribution is 2.12. The van der Waals surface area contributed by atoms with E-state index in [-0.39, 0.29) is 43.2 Å². The van der Waals surface area contributed by atoms with E-state index in [0.717, 1.165) is 5.56 Å². The molecular weight excluding hydrogens is 239 g/mol. The second kappa shape index (κ2) is 8.47. The smallest absolute Gasteiger partial charge is 0.307 e. The van der Waals surface area contributed by atoms with Crippen LogP contribution in [0.2, 0.25) is 0 Å². The summed E-state index contributed by atoms with van der Waals surface area (Å²) in [5.41, 5.74) is 6.63. The third-order valence-corrected chi connectivity index (χ3v) is 1.75. The first kappa shape index (κ1) is 16.6. The van der Waals surface area contributed by atoms with Crippen LogP contribution >= 0.6 is 24.8 Å². The second-order valence-corrected chi connectivity index (χ2v) is 2.67. The summed E-state index contributed by atoms with van der Waals surface area (Å²) >= 11 is 0. The molecule has 0 aliphatic carbocycles. The molecule has 1 heterocycles. The van der Waals surface area contributed by atoms with Crippen molar-refractivity contribution in [3.05, 3.63) is 30.1 Å². The predicted octanol–water partition coefficient (Wildman–Crippen LogP) is 1.49. The van der Waals surface area contributed by atoms with Gasteiger partial charge in [-0.1, -0.05) is 0 Å². The van der Waals surface area contributed by atoms with Crippen molar-refractivity contribution in [2.45, 2.75) is 12.5 Å². The van der Waals surface area contributed by atoms with Gasteiger partial charge in [0.1, 0.15) is 0 Å². The summed E-state index contributed by atoms with van der Waals surface area (Å²) in [5.74, 6) is -0.302. The number of esters is 1. The van der Waals surface area contributed by atoms with Crippen LogP contribution in [0.1, 0.15) is 18.0 Å². The lowest BCUT2D eigenvalue weighted by molar-refractivity contribution is -0.141. The molecule has 0 unspecified atom stereocenters. The molecule has 1 atom stereocenters. The molecule has 1 aromatic rings. The maximum Gasteiger partial charge on any atom is 0.307 e. The minimum atomic E-state index is -0.310. The van der Waals surface area contributed by atoms with Crippen molar-refractivity contribution >= 4 is 30.8 Å². The summed E-state index contributed by atoms with van der Waals surface area (Å²) in [6, 6.07) is 3.26. The molecule has 0 aliphatic heterocycles. The number of aromatic nitrogens is 1. The number of rotatable bonds is 3. The van der Waals surface area contributed by atoms with Crippen molar-refractivity contribution in [1.29, 1.82) is 0 Å². The van der Waals surface area contributed by atoms with Crippen molar-refractivity contribution in [2.75, 3.05) is 7.11 Å². The fraction of sp³-hybridized carbons (Fsp3) is 0.333. The van der Waals surface area contributed by atoms with E-state index in [4.69, 9.17) is 5.73 Å². The minimum Gasteiger partial charge on any atom is -0.469 e. The second-order valence-electron chi connectivity index (χ2n) is 2.67. The third kappa shape index (κ3) is 5.57. The summed E-state index contributed by atoms with van der Waals surface area (Å²) in [5, 5.41) is 0. The lowest BCUT2D eigenvalue weighted by Gasteiger charge is -2.09. The summed E-state index contributed by atoms with van der Waals surface area (Å²) in [4.78, 5) is 14.7. The van der Waals surface area contributed by atoms with E-state index < -0.39 is 0 Å². The highest BCUT2D eigenvalue weighted by Gasteiger charge is 2.10. The summed E-state index contributed by atoms with van der Waals surface area (Å²) < 4.78 is 4.51. The topological polar surface area (TPSA) is 65.2 Å². The van der Waals surface area contributed by atoms with E-state index >= 15 is 0 Å². The number of carbonyl (C=O) groups is 1. The van der Waals surface area contributed by atoms with Crippen molar-refractivity contribution in [2.24, 2.45) is 5.73 Å². The van der Waals surface area contributed by atoms with Crippen LogP contribution in [0.4, 0.5) is 0 Å². The van der Waals surface area contributed by atoms with E-state index in [0.29, 0.717) is 0 Å². The molecule has 0 bridgehead atoms. The highest BCUT2D eigenvalue weighted by molar-refractivity contribution is 5.85. The molecule has 6 heteroatoms. The Kier molecular flexibility index (Phi) is 9.36. The number of ether oxygens (including phenoxy) is 1. The van der Waals surface area contributed by atoms with Gasteiger partial charge in [0.15, 0.2) is 0 Å². The predicted molar refractivity (Wildman–Crippen MR) is 62.3 cm³/mol. The average Bonchev–Trinajstić information content (AvgIpc) is 2.19. The molecule has 86 valence electrons. The molecule has 0 saturated heterocycles. The third-order valence-electron chi connectivity index (χ3n) is 1.75. The summed E-state index contributed by atoms with van der Waals surface area (Å²) in [7, 11) is 1.35. The first-order chi connectivity index (χ1) is 6.24. The van der Waals surface area contributed by atoms with Crippen molar-refractivity contribution in [3.63, 3.8) is 0 Å². The van der Waals surface area contributed by atoms with Crippen LogP contribution in [-0.2, 0) is 9.53 Å². The Balaban J connectivity index is 0. The lowest BCUT2D eigenvalue weighted by Crippen LogP contribution is -2.16. The van der Waals surface area contributed by atoms with Crippen molar-refractivity contribution in [3.8, 4) is 0 Å². The van der Waals surface area contributed by atoms with E-state index in [9.17, 15) is 4.79 Å². The number of carbonyl (C=O) groups excluding carboxylic acids is 1. The monoisotopic (exact) mass is 252 g/mol. The van der Waals surface area contributed by atoms with E-state index in [1.54, 1.807) is 24.5 Å². The summed E-state index contributed by atoms with van der Waals surface area (Å²) in [6.45, 7) is 0. The normalized spacial score (nSPS) is 10.5. The molecule has 4 nitrogen and oxygen atoms in total. The van der Waals surface area contributed by atoms with E-state index in [2.05, 4.69) is 9.72 Å². The quantitative estimate of drug-likeness (QED) is 0.829. The highest BCUT2D eigenvalue weighted by atomic mass is 35.5. The zero-order chi connectivity index (χ0) is 9.68. The van der Waals surface area contributed by atoms with Gasteiger partial charge in [-0.05, 0) is 17.7 Å². The number of pyridine rings is 1. The van der Waals surface area contributed by atoms with Crippen LogP contribution in [-0.4, -0.2) is 18.1 Å². The number of nitrogens with zero attached hydrogens (tertiary/aromatic N) is 1. The maximum atomic E-state index is 10.9. The fourth-order valence-corrected chi connectivity index (χ4v) is 0.991. The van der Waals surface area contributed by atoms with Crippen LogP contribution in [0, 0.1) is 0 Å². The van der Waals surface area contributed by atoms with Crippen LogP contribution in [0.15, 0.2) is 24.5 Å². The van der Waals surface area contributed by atoms with E-state index in [1.807, 2.05) is 0 Å². The maximum absolute atomic E-state index is 10.9. The van der Waals surface area contributed by atoms with Gasteiger partial charge < -0.3 is 10.5 Å². The van der Waals surface area contributed by atoms with Gasteiger partial charge in [-0.2, -0.15) is 0 Å². The Morgan fingerprint density at radius 1 is 1.47 bits per heavy atom. The number of methoxy groups -OCH3 is 1. The number of hydrogen-bond acceptors (Lipinski definition) is 4. The molecule has 0 radical (unpaired) electrons. The Morgan fingerprint density at radius 3 is 2.47 bits per heavy atom. The molecular formula is C9H14Cl2N2O2. The van der Waals surface area contributed by atoms with Crippen molar-refractivity contribution < 1.29 is 9.53 Å². The molecule has 0 fully saturated rings. The van der Waals surface area contributed by atoms with Gasteiger partial charge in [0.25, 0.3) is 0 Å². The average molecular weight is 253 g/mol. The van der Waals surface area contributed by atoms with Crippen molar-refractivity contribution in [1.82, 2.24) is 4.98 Å². The minimum absolute atomic E-state index is 0. The SMILES string of the molecule is COC(=O)C[C@@H](N)c1ccncc1.Cl.Cl. The van der Waals surface area contributed by atoms with Crippen LogP contribution in [0.25, 0.3) is 0 Å². The van der Waals surface area contributed by atoms with Crippen LogP contribution in [0.5, 0.6) is 0 Å². The van der Waals surface area contributed by atoms with Gasteiger partial charge in [0.05, 0.1) is 13.5 Å². The molecule has 15 heavy (non-hydrogen) atoms. The van der Waals surface area contributed by atoms with Crippen LogP contribution < -0.4 is 5.73 Å². The molecule has 0 aliphatic rings. The van der Waals surface area contributed by atoms with E-state index in [1.165, 1.54) is 7.11 Å². The number of halogens is 2. The Labute approximate surface area is 101 Å². The summed E-state index contributed by atoms with van der Waals surface area (Å²) in [6.07, 6.45) is 3.49. The van der Waals surface area contributed by atoms with Gasteiger partial charge >= 0.3 is 5.97 Å². The van der Waals surface area contributed by atoms with Gasteiger partial charge in [-0.25, -0.2) is 0 Å². The van der Waals surface area contributed by atoms with Gasteiger partial charge in [0.2, 0.25) is 0 Å². The molecule has 0 amide bonds. The molecule has 0 saturated carbocycles. The Hall–Kier alpha value is -0.840. The zero-order valence-corrected chi connectivity index (χ0v) is 9.88. The Morgan fingerprint density at radius 2 is 2.00 bits per heavy atom. The molecule has 1 aromatic heterocycles. The van der Waals surface area contributed by atoms with Gasteiger partial charge in [0, 0.05) is 18.4 Å². The van der Waals surface area contributed by atoms with Gasteiger partial charge in [-0.3, -0.25) is 9.78 Å². The Bertz CT molecular complexity index is 283. The van der Waals surface area contributed by atoms with Crippen LogP contribution in [0.3, 0.4) is 0 Å². The largest absolute Gasteiger partial charge is 0.469 e. The molecule has 1 rings (SSSR count). The number of hydrogen-bond donors (Lipinski definition) is 1. The zero-order valence-electron chi connectivity index (χ0n) is 8.25. The fourth-order valence-electron chi connectivity index (χ4n) is 0.991. The lowest BCUT2D eigenvalue weighted by atomic mass is 10.1.